The van der Waals surface area contributed by atoms with Crippen molar-refractivity contribution in [1.29, 1.82) is 5.26 Å². The fourth-order valence-electron chi connectivity index (χ4n) is 2.89. The molecule has 1 saturated heterocycles. The first-order valence-electron chi connectivity index (χ1n) is 7.55. The van der Waals surface area contributed by atoms with Crippen LogP contribution in [0.1, 0.15) is 52.9 Å². The van der Waals surface area contributed by atoms with Crippen LogP contribution in [0.2, 0.25) is 0 Å². The lowest BCUT2D eigenvalue weighted by molar-refractivity contribution is 0.236. The van der Waals surface area contributed by atoms with Crippen LogP contribution < -0.4 is 5.32 Å². The van der Waals surface area contributed by atoms with Crippen LogP contribution in [0, 0.1) is 16.7 Å². The summed E-state index contributed by atoms with van der Waals surface area (Å²) in [6.45, 7) is 11.2. The van der Waals surface area contributed by atoms with E-state index in [0.29, 0.717) is 5.41 Å². The zero-order valence-corrected chi connectivity index (χ0v) is 12.3. The summed E-state index contributed by atoms with van der Waals surface area (Å²) in [6, 6.07) is 2.40. The first kappa shape index (κ1) is 15.5. The molecule has 1 aliphatic heterocycles. The van der Waals surface area contributed by atoms with Gasteiger partial charge in [-0.3, -0.25) is 0 Å². The van der Waals surface area contributed by atoms with Gasteiger partial charge >= 0.3 is 0 Å². The molecule has 1 aliphatic rings. The van der Waals surface area contributed by atoms with Crippen LogP contribution in [0.5, 0.6) is 0 Å². The maximum atomic E-state index is 9.09. The van der Waals surface area contributed by atoms with Crippen LogP contribution >= 0.6 is 0 Å². The lowest BCUT2D eigenvalue weighted by Gasteiger charge is -2.26. The number of rotatable bonds is 8. The molecule has 0 bridgehead atoms. The number of nitrogens with one attached hydrogen (secondary N) is 1. The van der Waals surface area contributed by atoms with E-state index in [1.54, 1.807) is 0 Å². The van der Waals surface area contributed by atoms with Crippen molar-refractivity contribution in [3.63, 3.8) is 0 Å². The average molecular weight is 251 g/mol. The van der Waals surface area contributed by atoms with Gasteiger partial charge in [0, 0.05) is 13.1 Å². The van der Waals surface area contributed by atoms with E-state index < -0.39 is 0 Å². The summed E-state index contributed by atoms with van der Waals surface area (Å²) in [5.41, 5.74) is 0.555. The molecule has 1 fully saturated rings. The van der Waals surface area contributed by atoms with Crippen LogP contribution in [0.3, 0.4) is 0 Å². The van der Waals surface area contributed by atoms with Gasteiger partial charge in [-0.15, -0.1) is 0 Å². The quantitative estimate of drug-likeness (QED) is 0.721. The third-order valence-corrected chi connectivity index (χ3v) is 4.55. The molecule has 0 aromatic carbocycles. The largest absolute Gasteiger partial charge is 0.303 e. The first-order valence-corrected chi connectivity index (χ1v) is 7.55. The molecule has 104 valence electrons. The molecule has 0 amide bonds. The van der Waals surface area contributed by atoms with E-state index in [9.17, 15) is 0 Å². The van der Waals surface area contributed by atoms with Crippen LogP contribution in [-0.2, 0) is 0 Å². The molecule has 0 aromatic heterocycles. The Morgan fingerprint density at radius 1 is 1.33 bits per heavy atom. The Kier molecular flexibility index (Phi) is 6.67. The summed E-state index contributed by atoms with van der Waals surface area (Å²) in [6.07, 6.45) is 5.96. The zero-order chi connectivity index (χ0) is 13.4. The molecule has 1 N–H and O–H groups in total. The summed E-state index contributed by atoms with van der Waals surface area (Å²) in [5, 5.41) is 12.4. The van der Waals surface area contributed by atoms with Crippen LogP contribution in [0.15, 0.2) is 0 Å². The maximum Gasteiger partial charge on any atom is 0.0965 e. The molecule has 0 aliphatic carbocycles. The number of hydrogen-bond acceptors (Lipinski definition) is 3. The molecule has 0 radical (unpaired) electrons. The third kappa shape index (κ3) is 4.26. The number of hydrogen-bond donors (Lipinski definition) is 1. The lowest BCUT2D eigenvalue weighted by Crippen LogP contribution is -2.34. The van der Waals surface area contributed by atoms with E-state index in [-0.39, 0.29) is 6.04 Å². The van der Waals surface area contributed by atoms with E-state index >= 15 is 0 Å². The highest BCUT2D eigenvalue weighted by atomic mass is 15.2. The smallest absolute Gasteiger partial charge is 0.0965 e. The molecule has 1 heterocycles. The molecule has 3 nitrogen and oxygen atoms in total. The molecule has 0 spiro atoms. The van der Waals surface area contributed by atoms with Gasteiger partial charge in [-0.1, -0.05) is 20.8 Å². The Labute approximate surface area is 113 Å². The number of nitrogens with zero attached hydrogens (tertiary/aromatic N) is 2. The van der Waals surface area contributed by atoms with Crippen molar-refractivity contribution in [2.24, 2.45) is 5.41 Å². The molecular formula is C15H29N3. The first-order chi connectivity index (χ1) is 8.69. The van der Waals surface area contributed by atoms with Crippen molar-refractivity contribution >= 4 is 0 Å². The fraction of sp³-hybridized carbons (Fsp3) is 0.933. The lowest BCUT2D eigenvalue weighted by atomic mass is 9.82. The minimum absolute atomic E-state index is 0.0307. The van der Waals surface area contributed by atoms with E-state index in [1.807, 2.05) is 0 Å². The Balaban J connectivity index is 2.30. The van der Waals surface area contributed by atoms with Gasteiger partial charge in [-0.05, 0) is 50.6 Å². The molecule has 0 aromatic rings. The minimum atomic E-state index is 0.0307. The topological polar surface area (TPSA) is 39.1 Å². The highest BCUT2D eigenvalue weighted by Crippen LogP contribution is 2.36. The van der Waals surface area contributed by atoms with Gasteiger partial charge in [0.15, 0.2) is 0 Å². The van der Waals surface area contributed by atoms with Crippen molar-refractivity contribution in [3.05, 3.63) is 0 Å². The van der Waals surface area contributed by atoms with Crippen LogP contribution in [0.4, 0.5) is 0 Å². The number of nitriles is 1. The Hall–Kier alpha value is -0.590. The summed E-state index contributed by atoms with van der Waals surface area (Å²) in [7, 11) is 0. The molecule has 3 heteroatoms. The molecule has 1 unspecified atom stereocenters. The molecule has 18 heavy (non-hydrogen) atoms. The average Bonchev–Trinajstić information content (AvgIpc) is 2.83. The van der Waals surface area contributed by atoms with Gasteiger partial charge in [-0.25, -0.2) is 0 Å². The summed E-state index contributed by atoms with van der Waals surface area (Å²) >= 11 is 0. The zero-order valence-electron chi connectivity index (χ0n) is 12.3. The van der Waals surface area contributed by atoms with E-state index in [4.69, 9.17) is 5.26 Å². The van der Waals surface area contributed by atoms with Gasteiger partial charge in [0.25, 0.3) is 0 Å². The van der Waals surface area contributed by atoms with Crippen molar-refractivity contribution in [2.45, 2.75) is 58.9 Å². The highest BCUT2D eigenvalue weighted by Gasteiger charge is 2.34. The van der Waals surface area contributed by atoms with Gasteiger partial charge in [0.2, 0.25) is 0 Å². The second kappa shape index (κ2) is 7.76. The van der Waals surface area contributed by atoms with Crippen LogP contribution in [0.25, 0.3) is 0 Å². The normalized spacial score (nSPS) is 20.8. The van der Waals surface area contributed by atoms with Gasteiger partial charge in [0.1, 0.15) is 0 Å². The monoisotopic (exact) mass is 251 g/mol. The molecule has 1 atom stereocenters. The van der Waals surface area contributed by atoms with Gasteiger partial charge in [-0.2, -0.15) is 5.26 Å². The molecular weight excluding hydrogens is 222 g/mol. The van der Waals surface area contributed by atoms with Crippen molar-refractivity contribution in [2.75, 3.05) is 26.2 Å². The van der Waals surface area contributed by atoms with Crippen LogP contribution in [-0.4, -0.2) is 37.1 Å². The minimum Gasteiger partial charge on any atom is -0.303 e. The maximum absolute atomic E-state index is 9.09. The van der Waals surface area contributed by atoms with E-state index in [0.717, 1.165) is 25.9 Å². The molecule has 1 rings (SSSR count). The van der Waals surface area contributed by atoms with Crippen molar-refractivity contribution in [1.82, 2.24) is 10.2 Å². The van der Waals surface area contributed by atoms with Gasteiger partial charge < -0.3 is 10.2 Å². The summed E-state index contributed by atoms with van der Waals surface area (Å²) < 4.78 is 0. The van der Waals surface area contributed by atoms with Crippen molar-refractivity contribution < 1.29 is 0 Å². The fourth-order valence-corrected chi connectivity index (χ4v) is 2.89. The van der Waals surface area contributed by atoms with Crippen molar-refractivity contribution in [3.8, 4) is 6.07 Å². The van der Waals surface area contributed by atoms with E-state index in [2.05, 4.69) is 37.1 Å². The Morgan fingerprint density at radius 2 is 2.06 bits per heavy atom. The standard InChI is InChI=1S/C15H29N3/c1-4-9-17-14(12-16)7-10-18-11-8-15(5-2,6-3)13-18/h14,17H,4-11,13H2,1-3H3. The second-order valence-electron chi connectivity index (χ2n) is 5.66. The Bertz CT molecular complexity index is 265. The third-order valence-electron chi connectivity index (χ3n) is 4.55. The summed E-state index contributed by atoms with van der Waals surface area (Å²) in [4.78, 5) is 2.55. The highest BCUT2D eigenvalue weighted by molar-refractivity contribution is 4.92. The van der Waals surface area contributed by atoms with Gasteiger partial charge in [0.05, 0.1) is 12.1 Å². The number of likely N-dealkylation sites (tertiary alicyclic amines) is 1. The SMILES string of the molecule is CCCNC(C#N)CCN1CCC(CC)(CC)C1. The molecule has 0 saturated carbocycles. The predicted molar refractivity (Wildman–Crippen MR) is 76.4 cm³/mol. The van der Waals surface area contributed by atoms with E-state index in [1.165, 1.54) is 32.4 Å². The Morgan fingerprint density at radius 3 is 2.56 bits per heavy atom. The summed E-state index contributed by atoms with van der Waals surface area (Å²) in [5.74, 6) is 0. The second-order valence-corrected chi connectivity index (χ2v) is 5.66. The predicted octanol–water partition coefficient (Wildman–Crippen LogP) is 2.78.